The van der Waals surface area contributed by atoms with Gasteiger partial charge in [-0.25, -0.2) is 52.8 Å². The Morgan fingerprint density at radius 1 is 0.448 bits per heavy atom. The van der Waals surface area contributed by atoms with Crippen molar-refractivity contribution in [1.82, 2.24) is 19.5 Å². The summed E-state index contributed by atoms with van der Waals surface area (Å²) < 4.78 is 75.3. The Balaban J connectivity index is 0.000000794. The number of pyridine rings is 7. The number of hydrogen-bond donors (Lipinski definition) is 5. The maximum absolute atomic E-state index is 13.3. The predicted octanol–water partition coefficient (Wildman–Crippen LogP) is 19.1. The van der Waals surface area contributed by atoms with Gasteiger partial charge in [-0.1, -0.05) is 132 Å². The molecule has 5 N–H and O–H groups in total. The van der Waals surface area contributed by atoms with Gasteiger partial charge < -0.3 is 61.2 Å². The van der Waals surface area contributed by atoms with E-state index in [2.05, 4.69) is 51.4 Å². The first kappa shape index (κ1) is 127. The molecule has 0 saturated heterocycles. The number of nitrogens with zero attached hydrogens (tertiary/aromatic N) is 10. The second kappa shape index (κ2) is 66.4. The molecule has 0 amide bonds. The second-order valence-corrected chi connectivity index (χ2v) is 28.1. The van der Waals surface area contributed by atoms with Crippen LogP contribution in [0.2, 0.25) is 0 Å². The van der Waals surface area contributed by atoms with Crippen LogP contribution in [0.25, 0.3) is 78.6 Å². The molecule has 9 heterocycles. The Morgan fingerprint density at radius 2 is 0.888 bits per heavy atom. The molecule has 754 valence electrons. The number of halogens is 5. The molecule has 0 saturated carbocycles. The number of oxazole rings is 1. The van der Waals surface area contributed by atoms with Crippen LogP contribution in [0, 0.1) is 100 Å². The first-order valence-electron chi connectivity index (χ1n) is 40.8. The normalized spacial score (nSPS) is 10.4. The van der Waals surface area contributed by atoms with Crippen molar-refractivity contribution >= 4 is 45.8 Å². The Bertz CT molecular complexity index is 6670. The molecule has 0 spiro atoms. The van der Waals surface area contributed by atoms with Gasteiger partial charge in [-0.2, -0.15) is 36.1 Å². The number of aliphatic hydroxyl groups is 2. The van der Waals surface area contributed by atoms with E-state index in [1.54, 1.807) is 111 Å². The zero-order valence-electron chi connectivity index (χ0n) is 76.3. The molecule has 1 aliphatic rings. The minimum Gasteiger partial charge on any atom is -0.719 e. The molecular weight excluding hydrogens is 2920 g/mol. The number of aliphatic hydroxyl groups excluding tert-OH is 2. The van der Waals surface area contributed by atoms with Crippen LogP contribution in [-0.4, -0.2) is 74.5 Å². The van der Waals surface area contributed by atoms with Crippen LogP contribution in [0.1, 0.15) is 93.9 Å². The van der Waals surface area contributed by atoms with Gasteiger partial charge in [0, 0.05) is 194 Å². The fraction of sp³-hybridized carbons (Fsp3) is 0.0857. The Labute approximate surface area is 901 Å². The van der Waals surface area contributed by atoms with Gasteiger partial charge in [-0.3, -0.25) is 23.1 Å². The summed E-state index contributed by atoms with van der Waals surface area (Å²) in [5.41, 5.74) is 6.64. The van der Waals surface area contributed by atoms with E-state index < -0.39 is 41.3 Å². The Hall–Kier alpha value is -14.3. The summed E-state index contributed by atoms with van der Waals surface area (Å²) in [4.78, 5) is 61.2. The summed E-state index contributed by atoms with van der Waals surface area (Å²) in [6.45, 7) is 10.8. The molecule has 38 heteroatoms. The largest absolute Gasteiger partial charge is 0.719 e. The molecule has 0 unspecified atom stereocenters. The number of carboxylic acids is 3. The molecule has 0 atom stereocenters. The number of hydrogen-bond acceptors (Lipinski definition) is 17. The van der Waals surface area contributed by atoms with Gasteiger partial charge in [0.25, 0.3) is 0 Å². The van der Waals surface area contributed by atoms with Crippen LogP contribution >= 0.6 is 0 Å². The van der Waals surface area contributed by atoms with Gasteiger partial charge in [-0.15, -0.1) is 126 Å². The number of carboxylic acid groups (broad SMARTS) is 3. The summed E-state index contributed by atoms with van der Waals surface area (Å²) in [7, 11) is 0. The number of imidazole rings is 1. The number of carbonyl (C=O) groups excluding carboxylic acids is 2. The molecule has 0 aliphatic heterocycles. The fourth-order valence-corrected chi connectivity index (χ4v) is 11.5. The quantitative estimate of drug-likeness (QED) is 0.0189. The standard InChI is InChI=1S/C15H11N2O.C15H12NO2.C13H9F3NO.C12H10NO.C11H6F2NO.C11H8NO.3C6H5NO2.2C5H8O2.6Ir/c18-17-12-11-16(14-9-5-2-6-10-14)15(17)13-7-3-1-4-8-13;1-10-11(2)18-15(16(10)17)14-9-5-7-12-6-3-4-8-13(12)14;1-9-8-10(13(14,15)16)5-6-11(9)12-4-2-3-7-17(12)18;14-13-10-6-5-9-12(13)11-7-3-1-2-4-8-11;12-8-4-5-9(10(13)7-8)11-3-1-2-6-14(11)15;13-12-9-5-4-8-11(12)10-6-2-1-3-7-10;3*8-6(9)5-3-1-2-4-7-5;2*1-4(6)3-5(2)7;;;;;;/h1-7,9-12H;3-8H,1-2H3;2-5,7-8H,1H3;1-6,9-10H,7H2;1-4,6-7H;1-6,8-9H;3*1-4H,(H,8,9);2*3,6H,1-2H3;;;;;;/q6*-1;;;;;;;;;;;. The maximum Gasteiger partial charge on any atom is 0.381 e. The summed E-state index contributed by atoms with van der Waals surface area (Å²) in [5, 5.41) is 113. The van der Waals surface area contributed by atoms with Crippen molar-refractivity contribution in [3.05, 3.63) is 495 Å². The summed E-state index contributed by atoms with van der Waals surface area (Å²) in [6.07, 6.45) is 22.6. The molecule has 0 fully saturated rings. The van der Waals surface area contributed by atoms with E-state index in [0.29, 0.717) is 60.7 Å². The number of para-hydroxylation sites is 1. The number of aryl methyl sites for hydroxylation is 2. The molecular formula is C105H87F5Ir6N10O17-6. The monoisotopic (exact) mass is 3010 g/mol. The molecule has 1 aliphatic carbocycles. The van der Waals surface area contributed by atoms with Crippen molar-refractivity contribution in [1.29, 1.82) is 0 Å². The van der Waals surface area contributed by atoms with E-state index in [1.165, 1.54) is 127 Å². The number of ketones is 2. The van der Waals surface area contributed by atoms with Gasteiger partial charge in [-0.05, 0) is 131 Å². The van der Waals surface area contributed by atoms with E-state index in [-0.39, 0.29) is 178 Å². The van der Waals surface area contributed by atoms with E-state index in [0.717, 1.165) is 82.8 Å². The number of alkyl halides is 3. The van der Waals surface area contributed by atoms with E-state index in [1.807, 2.05) is 150 Å². The maximum atomic E-state index is 13.3. The predicted molar refractivity (Wildman–Crippen MR) is 499 cm³/mol. The smallest absolute Gasteiger partial charge is 0.381 e. The number of fused-ring (bicyclic) bond motifs is 1. The van der Waals surface area contributed by atoms with E-state index >= 15 is 0 Å². The average molecular weight is 3010 g/mol. The Morgan fingerprint density at radius 3 is 1.29 bits per heavy atom. The van der Waals surface area contributed by atoms with E-state index in [9.17, 15) is 77.2 Å². The van der Waals surface area contributed by atoms with Gasteiger partial charge in [0.2, 0.25) is 11.5 Å². The van der Waals surface area contributed by atoms with Crippen LogP contribution in [0.4, 0.5) is 22.0 Å². The third kappa shape index (κ3) is 42.9. The van der Waals surface area contributed by atoms with Crippen LogP contribution in [0.5, 0.6) is 0 Å². The molecule has 27 nitrogen and oxygen atoms in total. The van der Waals surface area contributed by atoms with Crippen LogP contribution in [-0.2, 0) is 136 Å². The van der Waals surface area contributed by atoms with Crippen molar-refractivity contribution in [3.8, 4) is 62.3 Å². The van der Waals surface area contributed by atoms with Crippen molar-refractivity contribution in [3.63, 3.8) is 0 Å². The zero-order chi connectivity index (χ0) is 99.9. The van der Waals surface area contributed by atoms with E-state index in [4.69, 9.17) is 29.9 Å². The molecule has 9 aromatic heterocycles. The number of carbonyl (C=O) groups is 5. The summed E-state index contributed by atoms with van der Waals surface area (Å²) in [6, 6.07) is 88.3. The third-order valence-electron chi connectivity index (χ3n) is 17.8. The topological polar surface area (TPSA) is 405 Å². The number of aromatic nitrogens is 10. The molecule has 6 radical (unpaired) electrons. The first-order chi connectivity index (χ1) is 65.5. The van der Waals surface area contributed by atoms with Crippen molar-refractivity contribution in [2.24, 2.45) is 0 Å². The minimum atomic E-state index is -4.40. The first-order valence-corrected chi connectivity index (χ1v) is 40.8. The molecule has 143 heavy (non-hydrogen) atoms. The van der Waals surface area contributed by atoms with Gasteiger partial charge >= 0.3 is 30.0 Å². The fourth-order valence-electron chi connectivity index (χ4n) is 11.5. The molecule has 17 rings (SSSR count). The zero-order valence-corrected chi connectivity index (χ0v) is 90.6. The summed E-state index contributed by atoms with van der Waals surface area (Å²) in [5.74, 6) is -3.10. The number of aromatic carboxylic acids is 3. The second-order valence-electron chi connectivity index (χ2n) is 28.1. The van der Waals surface area contributed by atoms with Crippen LogP contribution in [0.3, 0.4) is 0 Å². The molecule has 0 bridgehead atoms. The number of benzene rings is 7. The average Bonchev–Trinajstić information content (AvgIpc) is 1.75. The number of allylic oxidation sites excluding steroid dienone is 10. The number of rotatable bonds is 12. The molecule has 16 aromatic rings. The van der Waals surface area contributed by atoms with Crippen molar-refractivity contribution < 1.29 is 225 Å². The van der Waals surface area contributed by atoms with Crippen molar-refractivity contribution in [2.45, 2.75) is 61.1 Å². The van der Waals surface area contributed by atoms with Gasteiger partial charge in [0.05, 0.1) is 11.5 Å². The van der Waals surface area contributed by atoms with Crippen molar-refractivity contribution in [2.75, 3.05) is 0 Å². The summed E-state index contributed by atoms with van der Waals surface area (Å²) >= 11 is 0. The van der Waals surface area contributed by atoms with Crippen LogP contribution < -0.4 is 28.4 Å². The minimum absolute atomic E-state index is 0. The Kier molecular flexibility index (Phi) is 58.8. The van der Waals surface area contributed by atoms with Gasteiger partial charge in [0.1, 0.15) is 57.9 Å². The SMILES string of the molecule is CC(=O)C=C(C)O.CC(=O)C=C(C)O.Cc1cc(C(F)(F)F)c[c-]c1-c1cccc[n+]1[O-].Cc1oc(-c2[c-]ccc3ccccc23)[n+]([O-])c1C.O=C(O)c1ccccn1.O=C(O)c1ccccn1.O=C(O)c1ccccn1.[Ir].[Ir].[Ir].[Ir].[Ir].[Ir].[O-][n+]1ccccc1-c1[c-]cc(F)cc1F.[O-][n+]1ccccc1-c1[c-]cccc1.[O-][n+]1ccccc1C1=[C-]C=CC=CC1.[O-][n+]1ccn(-c2ccccc2)c1-c1[c-]cccc1. The van der Waals surface area contributed by atoms with Crippen LogP contribution in [0.15, 0.2) is 375 Å². The van der Waals surface area contributed by atoms with Gasteiger partial charge in [0.15, 0.2) is 42.1 Å². The third-order valence-corrected chi connectivity index (χ3v) is 17.8. The molecule has 7 aromatic carbocycles.